The lowest BCUT2D eigenvalue weighted by molar-refractivity contribution is -0.114. The number of rotatable bonds is 6. The highest BCUT2D eigenvalue weighted by molar-refractivity contribution is 5.95. The van der Waals surface area contributed by atoms with Gasteiger partial charge in [-0.2, -0.15) is 4.98 Å². The lowest BCUT2D eigenvalue weighted by Gasteiger charge is -2.11. The summed E-state index contributed by atoms with van der Waals surface area (Å²) in [6, 6.07) is 16.4. The van der Waals surface area contributed by atoms with Crippen LogP contribution in [0.1, 0.15) is 29.9 Å². The van der Waals surface area contributed by atoms with Gasteiger partial charge in [0.25, 0.3) is 0 Å². The molecule has 3 rings (SSSR count). The number of carbonyl (C=O) groups is 2. The van der Waals surface area contributed by atoms with Gasteiger partial charge >= 0.3 is 0 Å². The summed E-state index contributed by atoms with van der Waals surface area (Å²) in [6.45, 7) is 4.87. The van der Waals surface area contributed by atoms with E-state index in [-0.39, 0.29) is 11.7 Å². The summed E-state index contributed by atoms with van der Waals surface area (Å²) in [7, 11) is 0. The van der Waals surface area contributed by atoms with E-state index in [1.807, 2.05) is 37.3 Å². The summed E-state index contributed by atoms with van der Waals surface area (Å²) in [5.74, 6) is 0.895. The molecule has 0 radical (unpaired) electrons. The van der Waals surface area contributed by atoms with E-state index in [0.717, 1.165) is 17.1 Å². The summed E-state index contributed by atoms with van der Waals surface area (Å²) in [5, 5.41) is 9.09. The molecule has 1 heterocycles. The van der Waals surface area contributed by atoms with Crippen molar-refractivity contribution in [1.29, 1.82) is 0 Å². The van der Waals surface area contributed by atoms with E-state index < -0.39 is 0 Å². The predicted octanol–water partition coefficient (Wildman–Crippen LogP) is 4.43. The molecule has 0 aliphatic carbocycles. The van der Waals surface area contributed by atoms with Crippen molar-refractivity contribution in [2.45, 2.75) is 20.8 Å². The first-order valence-corrected chi connectivity index (χ1v) is 8.77. The van der Waals surface area contributed by atoms with Gasteiger partial charge in [-0.15, -0.1) is 0 Å². The van der Waals surface area contributed by atoms with E-state index in [9.17, 15) is 9.59 Å². The summed E-state index contributed by atoms with van der Waals surface area (Å²) < 4.78 is 0. The highest BCUT2D eigenvalue weighted by Gasteiger charge is 2.06. The molecule has 0 saturated carbocycles. The molecule has 2 aromatic carbocycles. The standard InChI is InChI=1S/C21H21N5O2/c1-13-10-20(24-17-7-4-6-16(11-17)14(2)27)26-21(22-13)25-19-9-5-8-18(12-19)23-15(3)28/h4-12H,1-3H3,(H,23,28)(H2,22,24,25,26). The molecule has 1 amide bonds. The maximum absolute atomic E-state index is 11.6. The molecule has 0 atom stereocenters. The molecular formula is C21H21N5O2. The maximum atomic E-state index is 11.6. The number of aromatic nitrogens is 2. The summed E-state index contributed by atoms with van der Waals surface area (Å²) in [4.78, 5) is 31.7. The summed E-state index contributed by atoms with van der Waals surface area (Å²) in [5.41, 5.74) is 3.61. The molecule has 142 valence electrons. The van der Waals surface area contributed by atoms with Crippen molar-refractivity contribution in [2.75, 3.05) is 16.0 Å². The predicted molar refractivity (Wildman–Crippen MR) is 111 cm³/mol. The van der Waals surface area contributed by atoms with E-state index in [0.29, 0.717) is 23.0 Å². The van der Waals surface area contributed by atoms with Crippen molar-refractivity contribution in [3.63, 3.8) is 0 Å². The third-order valence-electron chi connectivity index (χ3n) is 3.83. The topological polar surface area (TPSA) is 96.0 Å². The average molecular weight is 375 g/mol. The second kappa shape index (κ2) is 8.30. The second-order valence-corrected chi connectivity index (χ2v) is 6.37. The van der Waals surface area contributed by atoms with E-state index in [2.05, 4.69) is 25.9 Å². The fraction of sp³-hybridized carbons (Fsp3) is 0.143. The van der Waals surface area contributed by atoms with E-state index in [1.165, 1.54) is 13.8 Å². The number of amides is 1. The van der Waals surface area contributed by atoms with Gasteiger partial charge in [-0.05, 0) is 44.2 Å². The average Bonchev–Trinajstić information content (AvgIpc) is 2.61. The molecule has 3 N–H and O–H groups in total. The van der Waals surface area contributed by atoms with Gasteiger partial charge in [0.15, 0.2) is 5.78 Å². The first-order valence-electron chi connectivity index (χ1n) is 8.77. The molecule has 0 spiro atoms. The molecule has 7 nitrogen and oxygen atoms in total. The molecule has 0 unspecified atom stereocenters. The lowest BCUT2D eigenvalue weighted by Crippen LogP contribution is -2.06. The SMILES string of the molecule is CC(=O)Nc1cccc(Nc2nc(C)cc(Nc3cccc(C(C)=O)c3)n2)c1. The van der Waals surface area contributed by atoms with Gasteiger partial charge in [-0.1, -0.05) is 18.2 Å². The number of hydrogen-bond acceptors (Lipinski definition) is 6. The second-order valence-electron chi connectivity index (χ2n) is 6.37. The monoisotopic (exact) mass is 375 g/mol. The number of ketones is 1. The highest BCUT2D eigenvalue weighted by atomic mass is 16.1. The van der Waals surface area contributed by atoms with Crippen LogP contribution in [0.4, 0.5) is 28.8 Å². The largest absolute Gasteiger partial charge is 0.340 e. The van der Waals surface area contributed by atoms with Crippen LogP contribution in [-0.2, 0) is 4.79 Å². The van der Waals surface area contributed by atoms with Gasteiger partial charge in [-0.25, -0.2) is 4.98 Å². The Bertz CT molecular complexity index is 1030. The van der Waals surface area contributed by atoms with Crippen LogP contribution < -0.4 is 16.0 Å². The van der Waals surface area contributed by atoms with Crippen molar-refractivity contribution in [3.05, 3.63) is 65.9 Å². The van der Waals surface area contributed by atoms with Crippen molar-refractivity contribution < 1.29 is 9.59 Å². The van der Waals surface area contributed by atoms with Gasteiger partial charge in [0.05, 0.1) is 0 Å². The third-order valence-corrected chi connectivity index (χ3v) is 3.83. The Balaban J connectivity index is 1.81. The zero-order chi connectivity index (χ0) is 20.1. The zero-order valence-electron chi connectivity index (χ0n) is 15.9. The molecule has 0 aliphatic rings. The van der Waals surface area contributed by atoms with Crippen molar-refractivity contribution in [1.82, 2.24) is 9.97 Å². The van der Waals surface area contributed by atoms with E-state index in [1.54, 1.807) is 24.3 Å². The fourth-order valence-electron chi connectivity index (χ4n) is 2.66. The van der Waals surface area contributed by atoms with Crippen molar-refractivity contribution >= 4 is 40.5 Å². The summed E-state index contributed by atoms with van der Waals surface area (Å²) in [6.07, 6.45) is 0. The molecule has 0 saturated heterocycles. The minimum Gasteiger partial charge on any atom is -0.340 e. The number of nitrogens with zero attached hydrogens (tertiary/aromatic N) is 2. The normalized spacial score (nSPS) is 10.2. The van der Waals surface area contributed by atoms with Crippen LogP contribution in [0.5, 0.6) is 0 Å². The molecule has 0 aliphatic heterocycles. The Morgan fingerprint density at radius 3 is 2.21 bits per heavy atom. The minimum atomic E-state index is -0.136. The number of Topliss-reactive ketones (excluding diaryl/α,β-unsaturated/α-hetero) is 1. The summed E-state index contributed by atoms with van der Waals surface area (Å²) >= 11 is 0. The molecule has 0 bridgehead atoms. The van der Waals surface area contributed by atoms with Crippen LogP contribution in [0.2, 0.25) is 0 Å². The number of aryl methyl sites for hydroxylation is 1. The quantitative estimate of drug-likeness (QED) is 0.552. The fourth-order valence-corrected chi connectivity index (χ4v) is 2.66. The number of nitrogens with one attached hydrogen (secondary N) is 3. The molecule has 1 aromatic heterocycles. The molecular weight excluding hydrogens is 354 g/mol. The van der Waals surface area contributed by atoms with Crippen LogP contribution in [0.15, 0.2) is 54.6 Å². The Hall–Kier alpha value is -3.74. The van der Waals surface area contributed by atoms with E-state index >= 15 is 0 Å². The van der Waals surface area contributed by atoms with Gasteiger partial charge in [0.1, 0.15) is 5.82 Å². The Kier molecular flexibility index (Phi) is 5.64. The number of hydrogen-bond donors (Lipinski definition) is 3. The van der Waals surface area contributed by atoms with Crippen LogP contribution in [-0.4, -0.2) is 21.7 Å². The maximum Gasteiger partial charge on any atom is 0.229 e. The molecule has 0 fully saturated rings. The van der Waals surface area contributed by atoms with Gasteiger partial charge in [0.2, 0.25) is 11.9 Å². The van der Waals surface area contributed by atoms with Crippen LogP contribution in [0.25, 0.3) is 0 Å². The van der Waals surface area contributed by atoms with Gasteiger partial charge in [0, 0.05) is 41.3 Å². The van der Waals surface area contributed by atoms with Crippen molar-refractivity contribution in [3.8, 4) is 0 Å². The number of anilines is 5. The van der Waals surface area contributed by atoms with Gasteiger partial charge < -0.3 is 16.0 Å². The minimum absolute atomic E-state index is 0.00364. The lowest BCUT2D eigenvalue weighted by atomic mass is 10.1. The third kappa shape index (κ3) is 5.14. The van der Waals surface area contributed by atoms with Crippen LogP contribution in [0, 0.1) is 6.92 Å². The highest BCUT2D eigenvalue weighted by Crippen LogP contribution is 2.22. The molecule has 3 aromatic rings. The van der Waals surface area contributed by atoms with Gasteiger partial charge in [-0.3, -0.25) is 9.59 Å². The Morgan fingerprint density at radius 1 is 0.821 bits per heavy atom. The van der Waals surface area contributed by atoms with Crippen molar-refractivity contribution in [2.24, 2.45) is 0 Å². The first kappa shape index (κ1) is 19.0. The molecule has 7 heteroatoms. The first-order chi connectivity index (χ1) is 13.4. The van der Waals surface area contributed by atoms with Crippen LogP contribution >= 0.6 is 0 Å². The molecule has 28 heavy (non-hydrogen) atoms. The number of benzene rings is 2. The number of carbonyl (C=O) groups excluding carboxylic acids is 2. The Labute approximate surface area is 163 Å². The van der Waals surface area contributed by atoms with Crippen LogP contribution in [0.3, 0.4) is 0 Å². The van der Waals surface area contributed by atoms with E-state index in [4.69, 9.17) is 0 Å². The smallest absolute Gasteiger partial charge is 0.229 e. The Morgan fingerprint density at radius 2 is 1.50 bits per heavy atom. The zero-order valence-corrected chi connectivity index (χ0v) is 15.9.